The van der Waals surface area contributed by atoms with Crippen LogP contribution in [0.4, 0.5) is 11.4 Å². The summed E-state index contributed by atoms with van der Waals surface area (Å²) in [5.74, 6) is 0. The molecule has 240 valence electrons. The number of benzene rings is 7. The quantitative estimate of drug-likeness (QED) is 0.188. The molecule has 3 nitrogen and oxygen atoms in total. The van der Waals surface area contributed by atoms with E-state index in [-0.39, 0.29) is 6.17 Å². The van der Waals surface area contributed by atoms with E-state index in [0.717, 1.165) is 16.8 Å². The van der Waals surface area contributed by atoms with E-state index in [1.165, 1.54) is 71.7 Å². The van der Waals surface area contributed by atoms with Crippen LogP contribution in [0.2, 0.25) is 0 Å². The number of aromatic nitrogens is 1. The van der Waals surface area contributed by atoms with Gasteiger partial charge in [0.1, 0.15) is 6.17 Å². The largest absolute Gasteiger partial charge is 0.359 e. The first-order valence-electron chi connectivity index (χ1n) is 17.5. The molecule has 1 unspecified atom stereocenters. The second-order valence-corrected chi connectivity index (χ2v) is 13.3. The molecule has 0 spiro atoms. The molecule has 0 fully saturated rings. The van der Waals surface area contributed by atoms with Crippen LogP contribution in [-0.2, 0) is 0 Å². The third-order valence-electron chi connectivity index (χ3n) is 10.3. The third kappa shape index (κ3) is 4.94. The Bertz CT molecular complexity index is 2600. The van der Waals surface area contributed by atoms with Crippen LogP contribution in [0.5, 0.6) is 0 Å². The third-order valence-corrected chi connectivity index (χ3v) is 10.3. The fourth-order valence-corrected chi connectivity index (χ4v) is 7.96. The van der Waals surface area contributed by atoms with Crippen molar-refractivity contribution in [3.63, 3.8) is 0 Å². The minimum Gasteiger partial charge on any atom is -0.359 e. The van der Waals surface area contributed by atoms with Crippen molar-refractivity contribution in [2.45, 2.75) is 6.17 Å². The molecule has 51 heavy (non-hydrogen) atoms. The molecule has 1 N–H and O–H groups in total. The summed E-state index contributed by atoms with van der Waals surface area (Å²) in [6.45, 7) is 0. The van der Waals surface area contributed by atoms with Crippen LogP contribution < -0.4 is 10.2 Å². The number of rotatable bonds is 5. The summed E-state index contributed by atoms with van der Waals surface area (Å²) in [6, 6.07) is 56.8. The van der Waals surface area contributed by atoms with E-state index in [2.05, 4.69) is 185 Å². The first-order valence-corrected chi connectivity index (χ1v) is 17.5. The van der Waals surface area contributed by atoms with Crippen molar-refractivity contribution in [3.05, 3.63) is 194 Å². The van der Waals surface area contributed by atoms with E-state index in [4.69, 9.17) is 0 Å². The zero-order valence-corrected chi connectivity index (χ0v) is 27.9. The number of hydrogen-bond acceptors (Lipinski definition) is 3. The number of allylic oxidation sites excluding steroid dienone is 2. The van der Waals surface area contributed by atoms with Gasteiger partial charge in [-0.25, -0.2) is 0 Å². The molecular formula is C48H33N3. The van der Waals surface area contributed by atoms with Crippen LogP contribution in [0, 0.1) is 0 Å². The second kappa shape index (κ2) is 12.0. The summed E-state index contributed by atoms with van der Waals surface area (Å²) in [7, 11) is 0. The SMILES string of the molecule is C1=CC2Nc3c(-c4cccc(-c5cccnc5)c4)cc(-c4ccccc4)cc3N2C=C1c1c2ccccc2c(-c2ccccc2)c2ccccc12. The van der Waals surface area contributed by atoms with Gasteiger partial charge in [-0.2, -0.15) is 0 Å². The molecule has 7 aromatic carbocycles. The molecule has 0 amide bonds. The van der Waals surface area contributed by atoms with E-state index in [1.807, 2.05) is 18.5 Å². The highest BCUT2D eigenvalue weighted by Crippen LogP contribution is 2.49. The number of nitrogens with one attached hydrogen (secondary N) is 1. The number of fused-ring (bicyclic) bond motifs is 5. The van der Waals surface area contributed by atoms with Crippen molar-refractivity contribution in [3.8, 4) is 44.5 Å². The van der Waals surface area contributed by atoms with Crippen LogP contribution in [0.25, 0.3) is 71.6 Å². The standard InChI is InChI=1S/C48H33N3/c1-3-13-32(14-4-1)38-28-43(35-18-11-17-34(27-35)36-19-12-26-49-30-36)48-44(29-38)51-31-37(24-25-45(51)50-48)47-41-22-9-7-20-39(41)46(33-15-5-2-6-16-33)40-21-8-10-23-42(40)47/h1-31,45,50H. The predicted molar refractivity (Wildman–Crippen MR) is 214 cm³/mol. The predicted octanol–water partition coefficient (Wildman–Crippen LogP) is 12.2. The molecule has 3 heteroatoms. The number of nitrogens with zero attached hydrogens (tertiary/aromatic N) is 2. The minimum atomic E-state index is -0.00357. The van der Waals surface area contributed by atoms with Gasteiger partial charge in [0.2, 0.25) is 0 Å². The number of anilines is 2. The molecule has 10 rings (SSSR count). The van der Waals surface area contributed by atoms with Crippen molar-refractivity contribution in [1.82, 2.24) is 4.98 Å². The van der Waals surface area contributed by atoms with E-state index in [1.54, 1.807) is 0 Å². The van der Waals surface area contributed by atoms with Crippen molar-refractivity contribution in [1.29, 1.82) is 0 Å². The fourth-order valence-electron chi connectivity index (χ4n) is 7.96. The monoisotopic (exact) mass is 651 g/mol. The smallest absolute Gasteiger partial charge is 0.123 e. The van der Waals surface area contributed by atoms with Crippen LogP contribution in [0.15, 0.2) is 188 Å². The Hall–Kier alpha value is -6.71. The lowest BCUT2D eigenvalue weighted by molar-refractivity contribution is 0.911. The Morgan fingerprint density at radius 2 is 1.10 bits per heavy atom. The van der Waals surface area contributed by atoms with Crippen LogP contribution in [-0.4, -0.2) is 11.1 Å². The topological polar surface area (TPSA) is 28.2 Å². The minimum absolute atomic E-state index is 0.00357. The zero-order valence-electron chi connectivity index (χ0n) is 27.9. The fraction of sp³-hybridized carbons (Fsp3) is 0.0208. The number of pyridine rings is 1. The molecule has 2 aliphatic rings. The molecule has 0 aliphatic carbocycles. The maximum Gasteiger partial charge on any atom is 0.123 e. The lowest BCUT2D eigenvalue weighted by atomic mass is 9.85. The van der Waals surface area contributed by atoms with Gasteiger partial charge in [0, 0.05) is 29.7 Å². The van der Waals surface area contributed by atoms with Crippen molar-refractivity contribution in [2.75, 3.05) is 10.2 Å². The van der Waals surface area contributed by atoms with Gasteiger partial charge >= 0.3 is 0 Å². The molecule has 3 heterocycles. The molecule has 0 saturated heterocycles. The van der Waals surface area contributed by atoms with Gasteiger partial charge in [-0.15, -0.1) is 0 Å². The number of hydrogen-bond donors (Lipinski definition) is 1. The molecular weight excluding hydrogens is 619 g/mol. The molecule has 0 bridgehead atoms. The Morgan fingerprint density at radius 3 is 1.78 bits per heavy atom. The van der Waals surface area contributed by atoms with Crippen LogP contribution >= 0.6 is 0 Å². The van der Waals surface area contributed by atoms with Gasteiger partial charge in [0.25, 0.3) is 0 Å². The van der Waals surface area contributed by atoms with E-state index in [9.17, 15) is 0 Å². The maximum atomic E-state index is 4.38. The van der Waals surface area contributed by atoms with Gasteiger partial charge in [0.15, 0.2) is 0 Å². The molecule has 0 saturated carbocycles. The average Bonchev–Trinajstić information content (AvgIpc) is 3.58. The highest BCUT2D eigenvalue weighted by Gasteiger charge is 2.32. The lowest BCUT2D eigenvalue weighted by Gasteiger charge is -2.27. The Morgan fingerprint density at radius 1 is 0.490 bits per heavy atom. The molecule has 1 atom stereocenters. The van der Waals surface area contributed by atoms with E-state index in [0.29, 0.717) is 0 Å². The molecule has 2 aliphatic heterocycles. The van der Waals surface area contributed by atoms with E-state index >= 15 is 0 Å². The molecule has 1 aromatic heterocycles. The molecule has 0 radical (unpaired) electrons. The van der Waals surface area contributed by atoms with Gasteiger partial charge in [-0.05, 0) is 96.4 Å². The first-order chi connectivity index (χ1) is 25.3. The summed E-state index contributed by atoms with van der Waals surface area (Å²) in [5.41, 5.74) is 14.2. The van der Waals surface area contributed by atoms with Gasteiger partial charge in [-0.1, -0.05) is 140 Å². The van der Waals surface area contributed by atoms with Crippen LogP contribution in [0.1, 0.15) is 5.56 Å². The Kier molecular flexibility index (Phi) is 6.88. The second-order valence-electron chi connectivity index (χ2n) is 13.3. The Balaban J connectivity index is 1.17. The highest BCUT2D eigenvalue weighted by atomic mass is 15.3. The van der Waals surface area contributed by atoms with Crippen LogP contribution in [0.3, 0.4) is 0 Å². The van der Waals surface area contributed by atoms with Gasteiger partial charge in [0.05, 0.1) is 11.4 Å². The Labute approximate surface area is 297 Å². The highest BCUT2D eigenvalue weighted by molar-refractivity contribution is 6.19. The normalized spacial score (nSPS) is 14.6. The summed E-state index contributed by atoms with van der Waals surface area (Å²) >= 11 is 0. The van der Waals surface area contributed by atoms with E-state index < -0.39 is 0 Å². The molecule has 8 aromatic rings. The lowest BCUT2D eigenvalue weighted by Crippen LogP contribution is -2.31. The summed E-state index contributed by atoms with van der Waals surface area (Å²) in [5, 5.41) is 8.93. The zero-order chi connectivity index (χ0) is 33.7. The van der Waals surface area contributed by atoms with Gasteiger partial charge in [-0.3, -0.25) is 4.98 Å². The maximum absolute atomic E-state index is 4.38. The van der Waals surface area contributed by atoms with Crippen molar-refractivity contribution < 1.29 is 0 Å². The summed E-state index contributed by atoms with van der Waals surface area (Å²) in [4.78, 5) is 6.80. The summed E-state index contributed by atoms with van der Waals surface area (Å²) in [6.07, 6.45) is 10.7. The van der Waals surface area contributed by atoms with Crippen molar-refractivity contribution in [2.24, 2.45) is 0 Å². The van der Waals surface area contributed by atoms with Crippen molar-refractivity contribution >= 4 is 38.5 Å². The van der Waals surface area contributed by atoms with Gasteiger partial charge < -0.3 is 10.2 Å². The first kappa shape index (κ1) is 29.2. The summed E-state index contributed by atoms with van der Waals surface area (Å²) < 4.78 is 0. The average molecular weight is 652 g/mol.